The summed E-state index contributed by atoms with van der Waals surface area (Å²) in [6.45, 7) is 5.98. The topological polar surface area (TPSA) is 48.1 Å². The number of methoxy groups -OCH3 is 2. The second-order valence-corrected chi connectivity index (χ2v) is 6.06. The number of carbonyl (C=O) groups excluding carboxylic acids is 1. The van der Waals surface area contributed by atoms with Crippen LogP contribution >= 0.6 is 0 Å². The third-order valence-electron chi connectivity index (χ3n) is 4.48. The molecule has 4 heteroatoms. The smallest absolute Gasteiger partial charge is 0.341 e. The number of carbonyl (C=O) groups is 1. The summed E-state index contributed by atoms with van der Waals surface area (Å²) in [5.74, 6) is 0.666. The fourth-order valence-corrected chi connectivity index (χ4v) is 3.11. The minimum Gasteiger partial charge on any atom is -0.497 e. The Bertz CT molecular complexity index is 508. The van der Waals surface area contributed by atoms with Crippen molar-refractivity contribution in [2.75, 3.05) is 14.2 Å². The van der Waals surface area contributed by atoms with E-state index in [1.54, 1.807) is 7.11 Å². The maximum Gasteiger partial charge on any atom is 0.341 e. The lowest BCUT2D eigenvalue weighted by atomic mass is 9.81. The van der Waals surface area contributed by atoms with Crippen LogP contribution in [-0.2, 0) is 20.7 Å². The average molecular weight is 292 g/mol. The molecule has 0 radical (unpaired) electrons. The summed E-state index contributed by atoms with van der Waals surface area (Å²) in [5.41, 5.74) is -0.0439. The largest absolute Gasteiger partial charge is 0.497 e. The monoisotopic (exact) mass is 292 g/mol. The summed E-state index contributed by atoms with van der Waals surface area (Å²) in [6.07, 6.45) is 1.64. The Morgan fingerprint density at radius 3 is 2.33 bits per heavy atom. The molecule has 1 fully saturated rings. The van der Waals surface area contributed by atoms with Gasteiger partial charge in [-0.1, -0.05) is 26.0 Å². The zero-order valence-electron chi connectivity index (χ0n) is 13.4. The third kappa shape index (κ3) is 2.64. The summed E-state index contributed by atoms with van der Waals surface area (Å²) in [4.78, 5) is 12.1. The van der Waals surface area contributed by atoms with E-state index in [2.05, 4.69) is 0 Å². The number of rotatable bonds is 6. The van der Waals surface area contributed by atoms with Crippen LogP contribution in [0.1, 0.15) is 32.8 Å². The first-order valence-electron chi connectivity index (χ1n) is 7.31. The number of benzene rings is 1. The lowest BCUT2D eigenvalue weighted by molar-refractivity contribution is -0.148. The van der Waals surface area contributed by atoms with Crippen LogP contribution in [0.2, 0.25) is 0 Å². The molecule has 0 saturated carbocycles. The quantitative estimate of drug-likeness (QED) is 0.597. The Morgan fingerprint density at radius 1 is 1.24 bits per heavy atom. The predicted octanol–water partition coefficient (Wildman–Crippen LogP) is 2.98. The molecule has 0 N–H and O–H groups in total. The van der Waals surface area contributed by atoms with Crippen LogP contribution in [0.4, 0.5) is 0 Å². The zero-order valence-corrected chi connectivity index (χ0v) is 13.4. The molecule has 2 atom stereocenters. The van der Waals surface area contributed by atoms with Gasteiger partial charge in [-0.25, -0.2) is 4.79 Å². The van der Waals surface area contributed by atoms with Gasteiger partial charge in [0.05, 0.1) is 14.2 Å². The molecule has 0 aliphatic carbocycles. The zero-order chi connectivity index (χ0) is 15.7. The molecule has 0 spiro atoms. The summed E-state index contributed by atoms with van der Waals surface area (Å²) in [7, 11) is 3.07. The van der Waals surface area contributed by atoms with Gasteiger partial charge in [-0.2, -0.15) is 0 Å². The maximum atomic E-state index is 12.1. The van der Waals surface area contributed by atoms with Gasteiger partial charge in [0.1, 0.15) is 11.4 Å². The minimum absolute atomic E-state index is 0.0887. The predicted molar refractivity (Wildman–Crippen MR) is 80.4 cm³/mol. The van der Waals surface area contributed by atoms with Gasteiger partial charge in [0.15, 0.2) is 5.60 Å². The van der Waals surface area contributed by atoms with Crippen molar-refractivity contribution in [3.8, 4) is 5.75 Å². The summed E-state index contributed by atoms with van der Waals surface area (Å²) < 4.78 is 16.0. The van der Waals surface area contributed by atoms with E-state index < -0.39 is 11.2 Å². The van der Waals surface area contributed by atoms with Gasteiger partial charge >= 0.3 is 5.97 Å². The van der Waals surface area contributed by atoms with E-state index >= 15 is 0 Å². The SMILES string of the molecule is COC(=O)C1(C(C)C)OC1(C)CCc1ccc(OC)cc1. The molecule has 0 aromatic heterocycles. The van der Waals surface area contributed by atoms with E-state index in [0.717, 1.165) is 18.6 Å². The molecule has 0 bridgehead atoms. The van der Waals surface area contributed by atoms with Crippen molar-refractivity contribution >= 4 is 5.97 Å². The Morgan fingerprint density at radius 2 is 1.86 bits per heavy atom. The van der Waals surface area contributed by atoms with Crippen molar-refractivity contribution in [3.05, 3.63) is 29.8 Å². The van der Waals surface area contributed by atoms with Gasteiger partial charge < -0.3 is 14.2 Å². The Labute approximate surface area is 126 Å². The first-order chi connectivity index (χ1) is 9.89. The minimum atomic E-state index is -0.797. The number of ether oxygens (including phenoxy) is 3. The number of hydrogen-bond donors (Lipinski definition) is 0. The van der Waals surface area contributed by atoms with E-state index in [4.69, 9.17) is 14.2 Å². The molecule has 4 nitrogen and oxygen atoms in total. The van der Waals surface area contributed by atoms with Crippen LogP contribution in [0.3, 0.4) is 0 Å². The fourth-order valence-electron chi connectivity index (χ4n) is 3.11. The highest BCUT2D eigenvalue weighted by molar-refractivity contribution is 5.85. The van der Waals surface area contributed by atoms with Crippen molar-refractivity contribution in [1.29, 1.82) is 0 Å². The van der Waals surface area contributed by atoms with E-state index in [1.165, 1.54) is 12.7 Å². The highest BCUT2D eigenvalue weighted by Gasteiger charge is 2.73. The highest BCUT2D eigenvalue weighted by atomic mass is 16.7. The molecule has 1 aromatic carbocycles. The lowest BCUT2D eigenvalue weighted by Gasteiger charge is -2.18. The van der Waals surface area contributed by atoms with Crippen LogP contribution in [0.25, 0.3) is 0 Å². The van der Waals surface area contributed by atoms with Gasteiger partial charge in [0.2, 0.25) is 0 Å². The van der Waals surface area contributed by atoms with Crippen molar-refractivity contribution in [2.24, 2.45) is 5.92 Å². The van der Waals surface area contributed by atoms with Crippen LogP contribution in [0.15, 0.2) is 24.3 Å². The van der Waals surface area contributed by atoms with Crippen molar-refractivity contribution in [3.63, 3.8) is 0 Å². The number of epoxide rings is 1. The standard InChI is InChI=1S/C17H24O4/c1-12(2)17(15(18)20-5)16(3,21-17)11-10-13-6-8-14(19-4)9-7-13/h6-9,12H,10-11H2,1-5H3. The van der Waals surface area contributed by atoms with E-state index in [-0.39, 0.29) is 11.9 Å². The summed E-state index contributed by atoms with van der Waals surface area (Å²) >= 11 is 0. The molecule has 116 valence electrons. The average Bonchev–Trinajstić information content (AvgIpc) is 3.13. The molecule has 21 heavy (non-hydrogen) atoms. The molecule has 1 aliphatic rings. The Balaban J connectivity index is 2.04. The second-order valence-electron chi connectivity index (χ2n) is 6.06. The van der Waals surface area contributed by atoms with Gasteiger partial charge in [-0.3, -0.25) is 0 Å². The Kier molecular flexibility index (Phi) is 4.28. The first kappa shape index (κ1) is 15.8. The number of esters is 1. The molecular weight excluding hydrogens is 268 g/mol. The van der Waals surface area contributed by atoms with Gasteiger partial charge in [-0.15, -0.1) is 0 Å². The van der Waals surface area contributed by atoms with E-state index in [1.807, 2.05) is 45.0 Å². The normalized spacial score (nSPS) is 27.5. The Hall–Kier alpha value is -1.55. The van der Waals surface area contributed by atoms with Gasteiger partial charge in [0, 0.05) is 0 Å². The van der Waals surface area contributed by atoms with Crippen LogP contribution in [-0.4, -0.2) is 31.4 Å². The van der Waals surface area contributed by atoms with Crippen LogP contribution in [0.5, 0.6) is 5.75 Å². The number of aryl methyl sites for hydroxylation is 1. The molecule has 1 heterocycles. The van der Waals surface area contributed by atoms with Crippen LogP contribution < -0.4 is 4.74 Å². The summed E-state index contributed by atoms with van der Waals surface area (Å²) in [6, 6.07) is 7.97. The summed E-state index contributed by atoms with van der Waals surface area (Å²) in [5, 5.41) is 0. The highest BCUT2D eigenvalue weighted by Crippen LogP contribution is 2.56. The molecule has 1 aliphatic heterocycles. The van der Waals surface area contributed by atoms with Gasteiger partial charge in [-0.05, 0) is 43.4 Å². The third-order valence-corrected chi connectivity index (χ3v) is 4.48. The van der Waals surface area contributed by atoms with Crippen molar-refractivity contribution < 1.29 is 19.0 Å². The lowest BCUT2D eigenvalue weighted by Crippen LogP contribution is -2.39. The molecule has 1 aromatic rings. The van der Waals surface area contributed by atoms with Crippen molar-refractivity contribution in [2.45, 2.75) is 44.8 Å². The molecular formula is C17H24O4. The van der Waals surface area contributed by atoms with E-state index in [0.29, 0.717) is 0 Å². The first-order valence-corrected chi connectivity index (χ1v) is 7.31. The maximum absolute atomic E-state index is 12.1. The van der Waals surface area contributed by atoms with Crippen molar-refractivity contribution in [1.82, 2.24) is 0 Å². The fraction of sp³-hybridized carbons (Fsp3) is 0.588. The molecule has 1 saturated heterocycles. The molecule has 2 rings (SSSR count). The second kappa shape index (κ2) is 5.68. The van der Waals surface area contributed by atoms with E-state index in [9.17, 15) is 4.79 Å². The molecule has 2 unspecified atom stereocenters. The van der Waals surface area contributed by atoms with Gasteiger partial charge in [0.25, 0.3) is 0 Å². The number of hydrogen-bond acceptors (Lipinski definition) is 4. The molecule has 0 amide bonds. The van der Waals surface area contributed by atoms with Crippen LogP contribution in [0, 0.1) is 5.92 Å².